The summed E-state index contributed by atoms with van der Waals surface area (Å²) in [7, 11) is 0. The summed E-state index contributed by atoms with van der Waals surface area (Å²) >= 11 is 3.38. The first-order chi connectivity index (χ1) is 9.60. The van der Waals surface area contributed by atoms with Crippen LogP contribution in [0.1, 0.15) is 12.7 Å². The molecule has 2 rings (SSSR count). The maximum Gasteiger partial charge on any atom is 0.224 e. The van der Waals surface area contributed by atoms with Gasteiger partial charge in [-0.25, -0.2) is 4.98 Å². The second kappa shape index (κ2) is 6.62. The summed E-state index contributed by atoms with van der Waals surface area (Å²) in [6.45, 7) is 2.42. The zero-order chi connectivity index (χ0) is 14.5. The minimum Gasteiger partial charge on any atom is -0.349 e. The minimum absolute atomic E-state index is 0.0888. The maximum absolute atomic E-state index is 11.6. The van der Waals surface area contributed by atoms with E-state index in [2.05, 4.69) is 36.4 Å². The van der Waals surface area contributed by atoms with Gasteiger partial charge < -0.3 is 11.1 Å². The molecular weight excluding hydrogens is 322 g/mol. The summed E-state index contributed by atoms with van der Waals surface area (Å²) in [5, 5.41) is 9.71. The van der Waals surface area contributed by atoms with E-state index in [9.17, 15) is 4.79 Å². The Morgan fingerprint density at radius 2 is 2.15 bits per heavy atom. The average Bonchev–Trinajstić information content (AvgIpc) is 2.93. The number of halogens is 1. The quantitative estimate of drug-likeness (QED) is 0.769. The van der Waals surface area contributed by atoms with Gasteiger partial charge in [0.25, 0.3) is 0 Å². The van der Waals surface area contributed by atoms with E-state index in [1.807, 2.05) is 24.3 Å². The standard InChI is InChI=1S/C13H16BrN5O/c1-8(6-15)13(20)16-7-11-17-12(19-18-11)9-2-4-10(14)5-3-9/h2-5,8H,6-7,15H2,1H3,(H,16,20)(H,17,18,19). The predicted molar refractivity (Wildman–Crippen MR) is 79.6 cm³/mol. The largest absolute Gasteiger partial charge is 0.349 e. The third-order valence-electron chi connectivity index (χ3n) is 2.87. The number of benzene rings is 1. The van der Waals surface area contributed by atoms with Crippen molar-refractivity contribution in [1.29, 1.82) is 0 Å². The zero-order valence-corrected chi connectivity index (χ0v) is 12.6. The molecular formula is C13H16BrN5O. The molecule has 1 unspecified atom stereocenters. The van der Waals surface area contributed by atoms with E-state index in [4.69, 9.17) is 5.73 Å². The summed E-state index contributed by atoms with van der Waals surface area (Å²) in [4.78, 5) is 15.9. The Balaban J connectivity index is 1.99. The molecule has 7 heteroatoms. The number of rotatable bonds is 5. The fraction of sp³-hybridized carbons (Fsp3) is 0.308. The highest BCUT2D eigenvalue weighted by Gasteiger charge is 2.11. The Morgan fingerprint density at radius 3 is 2.80 bits per heavy atom. The third kappa shape index (κ3) is 3.64. The lowest BCUT2D eigenvalue weighted by atomic mass is 10.2. The molecule has 0 saturated heterocycles. The molecule has 0 fully saturated rings. The van der Waals surface area contributed by atoms with Crippen LogP contribution in [0.15, 0.2) is 28.7 Å². The van der Waals surface area contributed by atoms with E-state index in [1.54, 1.807) is 6.92 Å². The van der Waals surface area contributed by atoms with Crippen LogP contribution in [0.4, 0.5) is 0 Å². The summed E-state index contributed by atoms with van der Waals surface area (Å²) in [6.07, 6.45) is 0. The molecule has 0 aliphatic heterocycles. The van der Waals surface area contributed by atoms with Crippen molar-refractivity contribution in [2.75, 3.05) is 6.54 Å². The van der Waals surface area contributed by atoms with Crippen LogP contribution in [-0.4, -0.2) is 27.6 Å². The number of nitrogens with two attached hydrogens (primary N) is 1. The molecule has 0 bridgehead atoms. The molecule has 1 heterocycles. The van der Waals surface area contributed by atoms with Gasteiger partial charge in [-0.3, -0.25) is 9.89 Å². The normalized spacial score (nSPS) is 12.2. The Hall–Kier alpha value is -1.73. The molecule has 0 spiro atoms. The van der Waals surface area contributed by atoms with Gasteiger partial charge in [0.2, 0.25) is 5.91 Å². The number of nitrogens with zero attached hydrogens (tertiary/aromatic N) is 2. The molecule has 4 N–H and O–H groups in total. The molecule has 20 heavy (non-hydrogen) atoms. The average molecular weight is 338 g/mol. The number of carbonyl (C=O) groups is 1. The van der Waals surface area contributed by atoms with Crippen molar-refractivity contribution in [3.63, 3.8) is 0 Å². The number of aromatic amines is 1. The Bertz CT molecular complexity index is 581. The Kier molecular flexibility index (Phi) is 4.86. The first-order valence-electron chi connectivity index (χ1n) is 6.25. The highest BCUT2D eigenvalue weighted by atomic mass is 79.9. The number of H-pyrrole nitrogens is 1. The molecule has 1 atom stereocenters. The van der Waals surface area contributed by atoms with Gasteiger partial charge in [-0.2, -0.15) is 5.10 Å². The molecule has 1 aromatic heterocycles. The van der Waals surface area contributed by atoms with E-state index in [0.717, 1.165) is 10.0 Å². The Morgan fingerprint density at radius 1 is 1.45 bits per heavy atom. The van der Waals surface area contributed by atoms with Gasteiger partial charge in [0, 0.05) is 22.5 Å². The first kappa shape index (κ1) is 14.7. The van der Waals surface area contributed by atoms with Gasteiger partial charge in [0.05, 0.1) is 6.54 Å². The topological polar surface area (TPSA) is 96.7 Å². The molecule has 106 valence electrons. The smallest absolute Gasteiger partial charge is 0.224 e. The number of amides is 1. The number of hydrogen-bond donors (Lipinski definition) is 3. The molecule has 0 aliphatic carbocycles. The zero-order valence-electron chi connectivity index (χ0n) is 11.1. The number of nitrogens with one attached hydrogen (secondary N) is 2. The van der Waals surface area contributed by atoms with Gasteiger partial charge >= 0.3 is 0 Å². The van der Waals surface area contributed by atoms with Gasteiger partial charge in [0.1, 0.15) is 5.82 Å². The van der Waals surface area contributed by atoms with Gasteiger partial charge in [-0.1, -0.05) is 35.0 Å². The molecule has 1 amide bonds. The fourth-order valence-corrected chi connectivity index (χ4v) is 1.82. The molecule has 0 radical (unpaired) electrons. The van der Waals surface area contributed by atoms with E-state index in [1.165, 1.54) is 0 Å². The summed E-state index contributed by atoms with van der Waals surface area (Å²) in [5.41, 5.74) is 6.35. The van der Waals surface area contributed by atoms with Crippen LogP contribution >= 0.6 is 15.9 Å². The van der Waals surface area contributed by atoms with E-state index < -0.39 is 0 Å². The second-order valence-electron chi connectivity index (χ2n) is 4.47. The highest BCUT2D eigenvalue weighted by Crippen LogP contribution is 2.18. The lowest BCUT2D eigenvalue weighted by molar-refractivity contribution is -0.124. The number of hydrogen-bond acceptors (Lipinski definition) is 4. The summed E-state index contributed by atoms with van der Waals surface area (Å²) in [6, 6.07) is 7.70. The SMILES string of the molecule is CC(CN)C(=O)NCc1nc(-c2ccc(Br)cc2)n[nH]1. The van der Waals surface area contributed by atoms with Gasteiger partial charge in [-0.05, 0) is 12.1 Å². The van der Waals surface area contributed by atoms with Crippen LogP contribution in [0.5, 0.6) is 0 Å². The van der Waals surface area contributed by atoms with Crippen LogP contribution in [0.25, 0.3) is 11.4 Å². The van der Waals surface area contributed by atoms with Crippen LogP contribution in [0.3, 0.4) is 0 Å². The van der Waals surface area contributed by atoms with Crippen LogP contribution in [-0.2, 0) is 11.3 Å². The summed E-state index contributed by atoms with van der Waals surface area (Å²) in [5.74, 6) is 0.923. The minimum atomic E-state index is -0.205. The van der Waals surface area contributed by atoms with Gasteiger partial charge in [0.15, 0.2) is 5.82 Å². The van der Waals surface area contributed by atoms with E-state index in [0.29, 0.717) is 24.7 Å². The molecule has 1 aromatic carbocycles. The number of carbonyl (C=O) groups excluding carboxylic acids is 1. The lowest BCUT2D eigenvalue weighted by Gasteiger charge is -2.07. The number of aromatic nitrogens is 3. The second-order valence-corrected chi connectivity index (χ2v) is 5.38. The van der Waals surface area contributed by atoms with Crippen LogP contribution in [0.2, 0.25) is 0 Å². The third-order valence-corrected chi connectivity index (χ3v) is 3.39. The van der Waals surface area contributed by atoms with Crippen LogP contribution in [0, 0.1) is 5.92 Å². The predicted octanol–water partition coefficient (Wildman–Crippen LogP) is 1.45. The molecule has 2 aromatic rings. The molecule has 6 nitrogen and oxygen atoms in total. The summed E-state index contributed by atoms with van der Waals surface area (Å²) < 4.78 is 1.00. The van der Waals surface area contributed by atoms with Crippen molar-refractivity contribution in [1.82, 2.24) is 20.5 Å². The van der Waals surface area contributed by atoms with Crippen molar-refractivity contribution >= 4 is 21.8 Å². The Labute approximate surface area is 125 Å². The van der Waals surface area contributed by atoms with Crippen molar-refractivity contribution in [3.05, 3.63) is 34.6 Å². The molecule has 0 aliphatic rings. The van der Waals surface area contributed by atoms with E-state index in [-0.39, 0.29) is 11.8 Å². The first-order valence-corrected chi connectivity index (χ1v) is 7.04. The van der Waals surface area contributed by atoms with Crippen LogP contribution < -0.4 is 11.1 Å². The van der Waals surface area contributed by atoms with E-state index >= 15 is 0 Å². The lowest BCUT2D eigenvalue weighted by Crippen LogP contribution is -2.33. The monoisotopic (exact) mass is 337 g/mol. The molecule has 0 saturated carbocycles. The van der Waals surface area contributed by atoms with Crippen molar-refractivity contribution in [2.45, 2.75) is 13.5 Å². The van der Waals surface area contributed by atoms with Crippen molar-refractivity contribution in [3.8, 4) is 11.4 Å². The van der Waals surface area contributed by atoms with Gasteiger partial charge in [-0.15, -0.1) is 0 Å². The fourth-order valence-electron chi connectivity index (χ4n) is 1.55. The van der Waals surface area contributed by atoms with Crippen molar-refractivity contribution < 1.29 is 4.79 Å². The van der Waals surface area contributed by atoms with Crippen molar-refractivity contribution in [2.24, 2.45) is 11.7 Å². The highest BCUT2D eigenvalue weighted by molar-refractivity contribution is 9.10. The maximum atomic E-state index is 11.6.